The third-order valence-electron chi connectivity index (χ3n) is 5.23. The second-order valence-corrected chi connectivity index (χ2v) is 7.69. The van der Waals surface area contributed by atoms with Gasteiger partial charge in [0.05, 0.1) is 24.6 Å². The summed E-state index contributed by atoms with van der Waals surface area (Å²) in [7, 11) is 1.56. The number of methoxy groups -OCH3 is 1. The van der Waals surface area contributed by atoms with Crippen LogP contribution in [0.3, 0.4) is 0 Å². The van der Waals surface area contributed by atoms with Crippen molar-refractivity contribution in [2.75, 3.05) is 24.4 Å². The minimum Gasteiger partial charge on any atom is -0.497 e. The zero-order valence-electron chi connectivity index (χ0n) is 19.2. The molecule has 0 bridgehead atoms. The average Bonchev–Trinajstić information content (AvgIpc) is 2.90. The Kier molecular flexibility index (Phi) is 7.35. The number of hydrogen-bond acceptors (Lipinski definition) is 7. The monoisotopic (exact) mass is 486 g/mol. The van der Waals surface area contributed by atoms with Crippen LogP contribution in [0.1, 0.15) is 16.1 Å². The lowest BCUT2D eigenvalue weighted by Gasteiger charge is -2.09. The van der Waals surface area contributed by atoms with E-state index < -0.39 is 18.5 Å². The number of hydrogen-bond donors (Lipinski definition) is 3. The zero-order valence-corrected chi connectivity index (χ0v) is 19.2. The van der Waals surface area contributed by atoms with Crippen LogP contribution in [0.2, 0.25) is 0 Å². The van der Waals surface area contributed by atoms with Crippen molar-refractivity contribution in [1.29, 1.82) is 0 Å². The predicted molar refractivity (Wildman–Crippen MR) is 133 cm³/mol. The Balaban J connectivity index is 1.27. The minimum atomic E-state index is -0.666. The van der Waals surface area contributed by atoms with E-state index in [1.807, 2.05) is 0 Å². The molecule has 4 rings (SSSR count). The normalized spacial score (nSPS) is 10.5. The van der Waals surface area contributed by atoms with Crippen LogP contribution in [0.4, 0.5) is 11.4 Å². The highest BCUT2D eigenvalue weighted by Gasteiger charge is 2.14. The number of fused-ring (bicyclic) bond motifs is 1. The van der Waals surface area contributed by atoms with Crippen molar-refractivity contribution in [2.45, 2.75) is 6.42 Å². The summed E-state index contributed by atoms with van der Waals surface area (Å²) in [6, 6.07) is 20.0. The maximum atomic E-state index is 12.4. The maximum absolute atomic E-state index is 12.4. The second-order valence-electron chi connectivity index (χ2n) is 7.69. The van der Waals surface area contributed by atoms with Crippen LogP contribution in [0.15, 0.2) is 77.6 Å². The van der Waals surface area contributed by atoms with E-state index in [1.54, 1.807) is 79.9 Å². The van der Waals surface area contributed by atoms with Gasteiger partial charge in [0, 0.05) is 22.3 Å². The van der Waals surface area contributed by atoms with Gasteiger partial charge in [-0.3, -0.25) is 19.2 Å². The van der Waals surface area contributed by atoms with E-state index in [0.717, 1.165) is 0 Å². The first-order chi connectivity index (χ1) is 17.4. The summed E-state index contributed by atoms with van der Waals surface area (Å²) < 4.78 is 10.1. The molecule has 0 radical (unpaired) electrons. The summed E-state index contributed by atoms with van der Waals surface area (Å²) in [6.07, 6.45) is -0.206. The summed E-state index contributed by atoms with van der Waals surface area (Å²) in [6.45, 7) is -0.500. The van der Waals surface area contributed by atoms with Gasteiger partial charge >= 0.3 is 5.97 Å². The van der Waals surface area contributed by atoms with Gasteiger partial charge in [0.25, 0.3) is 17.4 Å². The Bertz CT molecular complexity index is 1460. The smallest absolute Gasteiger partial charge is 0.312 e. The fourth-order valence-electron chi connectivity index (χ4n) is 3.42. The van der Waals surface area contributed by atoms with Crippen molar-refractivity contribution in [3.8, 4) is 5.75 Å². The summed E-state index contributed by atoms with van der Waals surface area (Å²) in [4.78, 5) is 48.7. The fraction of sp³-hybridized carbons (Fsp3) is 0.115. The molecular weight excluding hydrogens is 464 g/mol. The third-order valence-corrected chi connectivity index (χ3v) is 5.23. The molecule has 10 nitrogen and oxygen atoms in total. The van der Waals surface area contributed by atoms with E-state index in [4.69, 9.17) is 9.47 Å². The first kappa shape index (κ1) is 24.1. The van der Waals surface area contributed by atoms with Gasteiger partial charge in [-0.1, -0.05) is 18.2 Å². The highest BCUT2D eigenvalue weighted by atomic mass is 16.5. The fourth-order valence-corrected chi connectivity index (χ4v) is 3.42. The van der Waals surface area contributed by atoms with Crippen molar-refractivity contribution in [3.63, 3.8) is 0 Å². The number of carbonyl (C=O) groups excluding carboxylic acids is 3. The minimum absolute atomic E-state index is 0.206. The lowest BCUT2D eigenvalue weighted by molar-refractivity contribution is -0.146. The van der Waals surface area contributed by atoms with E-state index in [2.05, 4.69) is 20.8 Å². The molecule has 0 saturated carbocycles. The Labute approximate surface area is 205 Å². The molecule has 1 heterocycles. The number of ether oxygens (including phenoxy) is 2. The summed E-state index contributed by atoms with van der Waals surface area (Å²) >= 11 is 0. The standard InChI is InChI=1S/C26H22N4O6/c1-35-19-12-10-18(11-13-19)28-25(33)16-6-8-17(9-7-16)27-23(31)15-36-24(32)14-22-20-4-2-3-5-21(20)26(34)30-29-22/h2-13H,14-15H2,1H3,(H,27,31)(H,28,33)(H,30,34). The molecule has 0 aliphatic rings. The predicted octanol–water partition coefficient (Wildman–Crippen LogP) is 2.91. The molecule has 0 atom stereocenters. The lowest BCUT2D eigenvalue weighted by Crippen LogP contribution is -2.22. The van der Waals surface area contributed by atoms with E-state index in [0.29, 0.717) is 39.2 Å². The van der Waals surface area contributed by atoms with Gasteiger partial charge < -0.3 is 20.1 Å². The van der Waals surface area contributed by atoms with E-state index in [9.17, 15) is 19.2 Å². The number of rotatable bonds is 8. The van der Waals surface area contributed by atoms with Gasteiger partial charge in [-0.15, -0.1) is 0 Å². The number of nitrogens with one attached hydrogen (secondary N) is 3. The van der Waals surface area contributed by atoms with Crippen molar-refractivity contribution in [1.82, 2.24) is 10.2 Å². The molecule has 182 valence electrons. The number of anilines is 2. The summed E-state index contributed by atoms with van der Waals surface area (Å²) in [5.41, 5.74) is 1.44. The number of aromatic nitrogens is 2. The van der Waals surface area contributed by atoms with Crippen LogP contribution in [-0.4, -0.2) is 41.7 Å². The van der Waals surface area contributed by atoms with Crippen LogP contribution < -0.4 is 20.9 Å². The van der Waals surface area contributed by atoms with Crippen molar-refractivity contribution in [2.24, 2.45) is 0 Å². The SMILES string of the molecule is COc1ccc(NC(=O)c2ccc(NC(=O)COC(=O)Cc3n[nH]c(=O)c4ccccc34)cc2)cc1. The molecule has 3 aromatic carbocycles. The molecule has 0 aliphatic heterocycles. The van der Waals surface area contributed by atoms with E-state index in [1.165, 1.54) is 0 Å². The molecule has 0 fully saturated rings. The lowest BCUT2D eigenvalue weighted by atomic mass is 10.1. The van der Waals surface area contributed by atoms with Gasteiger partial charge in [0.15, 0.2) is 6.61 Å². The van der Waals surface area contributed by atoms with Crippen molar-refractivity contribution in [3.05, 3.63) is 94.4 Å². The Hall–Kier alpha value is -4.99. The summed E-state index contributed by atoms with van der Waals surface area (Å²) in [5.74, 6) is -0.839. The number of aromatic amines is 1. The van der Waals surface area contributed by atoms with Gasteiger partial charge in [0.1, 0.15) is 5.75 Å². The molecule has 0 unspecified atom stereocenters. The van der Waals surface area contributed by atoms with Crippen LogP contribution >= 0.6 is 0 Å². The molecule has 10 heteroatoms. The molecule has 1 aromatic heterocycles. The molecule has 3 N–H and O–H groups in total. The molecular formula is C26H22N4O6. The van der Waals surface area contributed by atoms with Gasteiger partial charge in [-0.05, 0) is 54.6 Å². The first-order valence-electron chi connectivity index (χ1n) is 10.9. The number of benzene rings is 3. The molecule has 36 heavy (non-hydrogen) atoms. The van der Waals surface area contributed by atoms with Crippen molar-refractivity contribution >= 4 is 39.9 Å². The molecule has 0 saturated heterocycles. The van der Waals surface area contributed by atoms with Crippen LogP contribution in [0.5, 0.6) is 5.75 Å². The first-order valence-corrected chi connectivity index (χ1v) is 10.9. The van der Waals surface area contributed by atoms with Crippen LogP contribution in [0.25, 0.3) is 10.8 Å². The zero-order chi connectivity index (χ0) is 25.5. The average molecular weight is 486 g/mol. The van der Waals surface area contributed by atoms with Crippen molar-refractivity contribution < 1.29 is 23.9 Å². The van der Waals surface area contributed by atoms with Gasteiger partial charge in [0.2, 0.25) is 0 Å². The highest BCUT2D eigenvalue weighted by molar-refractivity contribution is 6.04. The Morgan fingerprint density at radius 3 is 2.19 bits per heavy atom. The number of amides is 2. The van der Waals surface area contributed by atoms with E-state index in [-0.39, 0.29) is 17.9 Å². The molecule has 2 amide bonds. The molecule has 0 aliphatic carbocycles. The van der Waals surface area contributed by atoms with Gasteiger partial charge in [-0.25, -0.2) is 5.10 Å². The van der Waals surface area contributed by atoms with Crippen LogP contribution in [-0.2, 0) is 20.7 Å². The summed E-state index contributed by atoms with van der Waals surface area (Å²) in [5, 5.41) is 12.6. The quantitative estimate of drug-likeness (QED) is 0.325. The molecule has 0 spiro atoms. The Morgan fingerprint density at radius 2 is 1.50 bits per heavy atom. The topological polar surface area (TPSA) is 139 Å². The number of esters is 1. The maximum Gasteiger partial charge on any atom is 0.312 e. The second kappa shape index (κ2) is 11.0. The number of H-pyrrole nitrogens is 1. The number of carbonyl (C=O) groups is 3. The third kappa shape index (κ3) is 5.92. The highest BCUT2D eigenvalue weighted by Crippen LogP contribution is 2.17. The van der Waals surface area contributed by atoms with Gasteiger partial charge in [-0.2, -0.15) is 5.10 Å². The largest absolute Gasteiger partial charge is 0.497 e. The number of nitrogens with zero attached hydrogens (tertiary/aromatic N) is 1. The van der Waals surface area contributed by atoms with E-state index >= 15 is 0 Å². The Morgan fingerprint density at radius 1 is 0.861 bits per heavy atom. The molecule has 4 aromatic rings. The van der Waals surface area contributed by atoms with Crippen LogP contribution in [0, 0.1) is 0 Å².